The summed E-state index contributed by atoms with van der Waals surface area (Å²) in [5.74, 6) is 0.732. The Bertz CT molecular complexity index is 255. The topological polar surface area (TPSA) is 51.5 Å². The number of carbonyl (C=O) groups is 1. The molecular weight excluding hydrogens is 146 g/mol. The average molecular weight is 153 g/mol. The molecule has 2 rings (SSSR count). The minimum atomic E-state index is -0.383. The Kier molecular flexibility index (Phi) is 1.31. The van der Waals surface area contributed by atoms with Crippen LogP contribution in [0, 0.1) is 0 Å². The Balaban J connectivity index is 2.13. The van der Waals surface area contributed by atoms with Crippen LogP contribution in [0.3, 0.4) is 0 Å². The molecule has 1 atom stereocenters. The number of carbonyl (C=O) groups excluding carboxylic acids is 1. The smallest absolute Gasteiger partial charge is 0.407 e. The van der Waals surface area contributed by atoms with Gasteiger partial charge in [-0.05, 0) is 12.1 Å². The molecule has 0 aliphatic carbocycles. The fraction of sp³-hybridized carbons (Fsp3) is 0.286. The number of hydrogen-bond donors (Lipinski definition) is 1. The molecule has 0 bridgehead atoms. The second-order valence-corrected chi connectivity index (χ2v) is 2.31. The minimum Gasteiger partial charge on any atom is -0.467 e. The summed E-state index contributed by atoms with van der Waals surface area (Å²) in [4.78, 5) is 10.6. The number of hydrogen-bond acceptors (Lipinski definition) is 3. The van der Waals surface area contributed by atoms with E-state index in [1.54, 1.807) is 18.4 Å². The summed E-state index contributed by atoms with van der Waals surface area (Å²) < 4.78 is 9.75. The summed E-state index contributed by atoms with van der Waals surface area (Å²) >= 11 is 0. The van der Waals surface area contributed by atoms with Crippen molar-refractivity contribution in [1.29, 1.82) is 0 Å². The maximum atomic E-state index is 10.6. The van der Waals surface area contributed by atoms with Crippen LogP contribution in [0.4, 0.5) is 4.79 Å². The van der Waals surface area contributed by atoms with Crippen LogP contribution in [0.2, 0.25) is 0 Å². The highest BCUT2D eigenvalue weighted by atomic mass is 16.6. The van der Waals surface area contributed by atoms with Gasteiger partial charge >= 0.3 is 6.09 Å². The number of alkyl carbamates (subject to hydrolysis) is 1. The van der Waals surface area contributed by atoms with Crippen LogP contribution in [-0.2, 0) is 4.74 Å². The summed E-state index contributed by atoms with van der Waals surface area (Å²) in [6.45, 7) is 0.354. The molecule has 0 aromatic carbocycles. The summed E-state index contributed by atoms with van der Waals surface area (Å²) in [5, 5.41) is 2.60. The van der Waals surface area contributed by atoms with E-state index in [9.17, 15) is 4.79 Å². The quantitative estimate of drug-likeness (QED) is 0.656. The van der Waals surface area contributed by atoms with Gasteiger partial charge < -0.3 is 14.5 Å². The van der Waals surface area contributed by atoms with Crippen molar-refractivity contribution in [3.8, 4) is 0 Å². The van der Waals surface area contributed by atoms with E-state index in [1.165, 1.54) is 0 Å². The molecule has 0 radical (unpaired) electrons. The van der Waals surface area contributed by atoms with E-state index >= 15 is 0 Å². The second kappa shape index (κ2) is 2.30. The predicted molar refractivity (Wildman–Crippen MR) is 35.9 cm³/mol. The number of nitrogens with one attached hydrogen (secondary N) is 1. The molecule has 4 nitrogen and oxygen atoms in total. The minimum absolute atomic E-state index is 0.113. The molecule has 1 aromatic rings. The summed E-state index contributed by atoms with van der Waals surface area (Å²) in [7, 11) is 0. The average Bonchev–Trinajstić information content (AvgIpc) is 2.55. The lowest BCUT2D eigenvalue weighted by Crippen LogP contribution is -2.17. The lowest BCUT2D eigenvalue weighted by atomic mass is 10.2. The normalized spacial score (nSPS) is 22.9. The first-order chi connectivity index (χ1) is 5.36. The van der Waals surface area contributed by atoms with E-state index in [2.05, 4.69) is 10.1 Å². The fourth-order valence-corrected chi connectivity index (χ4v) is 1.03. The second-order valence-electron chi connectivity index (χ2n) is 2.31. The Morgan fingerprint density at radius 1 is 1.64 bits per heavy atom. The summed E-state index contributed by atoms with van der Waals surface area (Å²) in [5.41, 5.74) is 0. The Morgan fingerprint density at radius 2 is 2.55 bits per heavy atom. The van der Waals surface area contributed by atoms with Crippen molar-refractivity contribution >= 4 is 6.09 Å². The van der Waals surface area contributed by atoms with Crippen molar-refractivity contribution in [2.45, 2.75) is 6.04 Å². The number of ether oxygens (including phenoxy) is 1. The Hall–Kier alpha value is -1.45. The summed E-state index contributed by atoms with van der Waals surface area (Å²) in [6.07, 6.45) is 1.19. The molecule has 0 unspecified atom stereocenters. The number of cyclic esters (lactones) is 1. The van der Waals surface area contributed by atoms with Gasteiger partial charge in [-0.2, -0.15) is 0 Å². The molecule has 11 heavy (non-hydrogen) atoms. The van der Waals surface area contributed by atoms with Crippen LogP contribution in [-0.4, -0.2) is 12.7 Å². The zero-order valence-electron chi connectivity index (χ0n) is 5.74. The molecule has 1 amide bonds. The van der Waals surface area contributed by atoms with Gasteiger partial charge in [-0.3, -0.25) is 0 Å². The van der Waals surface area contributed by atoms with E-state index in [-0.39, 0.29) is 12.1 Å². The van der Waals surface area contributed by atoms with Gasteiger partial charge in [-0.25, -0.2) is 4.79 Å². The first-order valence-electron chi connectivity index (χ1n) is 3.33. The third-order valence-corrected chi connectivity index (χ3v) is 1.56. The van der Waals surface area contributed by atoms with Crippen molar-refractivity contribution in [1.82, 2.24) is 5.32 Å². The molecule has 58 valence electrons. The number of furan rings is 1. The fourth-order valence-electron chi connectivity index (χ4n) is 1.03. The molecule has 1 N–H and O–H groups in total. The van der Waals surface area contributed by atoms with Gasteiger partial charge in [0.2, 0.25) is 0 Å². The van der Waals surface area contributed by atoms with Crippen molar-refractivity contribution in [3.63, 3.8) is 0 Å². The molecule has 1 saturated heterocycles. The van der Waals surface area contributed by atoms with E-state index in [4.69, 9.17) is 4.42 Å². The summed E-state index contributed by atoms with van der Waals surface area (Å²) in [6, 6.07) is 3.47. The number of amides is 1. The SMILES string of the molecule is O=C1N[C@@H](c2ccco2)CO1. The van der Waals surface area contributed by atoms with Gasteiger partial charge in [0.05, 0.1) is 6.26 Å². The molecule has 1 aliphatic rings. The largest absolute Gasteiger partial charge is 0.467 e. The van der Waals surface area contributed by atoms with Crippen molar-refractivity contribution < 1.29 is 13.9 Å². The zero-order chi connectivity index (χ0) is 7.68. The van der Waals surface area contributed by atoms with Crippen LogP contribution in [0.15, 0.2) is 22.8 Å². The highest BCUT2D eigenvalue weighted by Gasteiger charge is 2.25. The highest BCUT2D eigenvalue weighted by Crippen LogP contribution is 2.17. The lowest BCUT2D eigenvalue weighted by molar-refractivity contribution is 0.176. The van der Waals surface area contributed by atoms with E-state index in [0.29, 0.717) is 6.61 Å². The lowest BCUT2D eigenvalue weighted by Gasteiger charge is -2.00. The Morgan fingerprint density at radius 3 is 3.09 bits per heavy atom. The molecule has 1 aromatic heterocycles. The van der Waals surface area contributed by atoms with Crippen molar-refractivity contribution in [2.24, 2.45) is 0 Å². The third-order valence-electron chi connectivity index (χ3n) is 1.56. The van der Waals surface area contributed by atoms with E-state index in [0.717, 1.165) is 5.76 Å². The Labute approximate surface area is 63.1 Å². The van der Waals surface area contributed by atoms with Crippen molar-refractivity contribution in [3.05, 3.63) is 24.2 Å². The first-order valence-corrected chi connectivity index (χ1v) is 3.33. The van der Waals surface area contributed by atoms with Crippen LogP contribution in [0.1, 0.15) is 11.8 Å². The molecule has 2 heterocycles. The number of rotatable bonds is 1. The molecule has 4 heteroatoms. The monoisotopic (exact) mass is 153 g/mol. The van der Waals surface area contributed by atoms with Crippen molar-refractivity contribution in [2.75, 3.05) is 6.61 Å². The van der Waals surface area contributed by atoms with Crippen LogP contribution in [0.25, 0.3) is 0 Å². The van der Waals surface area contributed by atoms with Gasteiger partial charge in [-0.1, -0.05) is 0 Å². The third kappa shape index (κ3) is 1.07. The van der Waals surface area contributed by atoms with Crippen LogP contribution in [0.5, 0.6) is 0 Å². The van der Waals surface area contributed by atoms with Gasteiger partial charge in [0.15, 0.2) is 0 Å². The maximum absolute atomic E-state index is 10.6. The predicted octanol–water partition coefficient (Wildman–Crippen LogP) is 1.06. The van der Waals surface area contributed by atoms with E-state index < -0.39 is 0 Å². The van der Waals surface area contributed by atoms with Gasteiger partial charge in [0, 0.05) is 0 Å². The zero-order valence-corrected chi connectivity index (χ0v) is 5.74. The standard InChI is InChI=1S/C7H7NO3/c9-7-8-5(4-11-7)6-2-1-3-10-6/h1-3,5H,4H2,(H,8,9)/t5-/m1/s1. The van der Waals surface area contributed by atoms with Crippen LogP contribution < -0.4 is 5.32 Å². The van der Waals surface area contributed by atoms with Gasteiger partial charge in [-0.15, -0.1) is 0 Å². The highest BCUT2D eigenvalue weighted by molar-refractivity contribution is 5.69. The molecule has 1 fully saturated rings. The molecule has 0 saturated carbocycles. The van der Waals surface area contributed by atoms with E-state index in [1.807, 2.05) is 0 Å². The van der Waals surface area contributed by atoms with Gasteiger partial charge in [0.25, 0.3) is 0 Å². The molecular formula is C7H7NO3. The first kappa shape index (κ1) is 6.27. The van der Waals surface area contributed by atoms with Crippen LogP contribution >= 0.6 is 0 Å². The maximum Gasteiger partial charge on any atom is 0.407 e. The molecule has 1 aliphatic heterocycles. The van der Waals surface area contributed by atoms with Gasteiger partial charge in [0.1, 0.15) is 18.4 Å². The molecule has 0 spiro atoms.